The van der Waals surface area contributed by atoms with Gasteiger partial charge >= 0.3 is 25.2 Å². The maximum absolute atomic E-state index is 14.5. The van der Waals surface area contributed by atoms with Crippen molar-refractivity contribution in [3.63, 3.8) is 0 Å². The van der Waals surface area contributed by atoms with Crippen molar-refractivity contribution in [1.82, 2.24) is 24.4 Å². The average Bonchev–Trinajstić information content (AvgIpc) is 3.83. The van der Waals surface area contributed by atoms with Gasteiger partial charge in [0, 0.05) is 44.0 Å². The number of nitrogens with one attached hydrogen (secondary N) is 3. The average molecular weight is 907 g/mol. The number of rotatable bonds is 19. The summed E-state index contributed by atoms with van der Waals surface area (Å²) in [6.45, 7) is 13.2. The molecule has 3 N–H and O–H groups in total. The number of hydrogen-bond donors (Lipinski definition) is 3. The molecule has 0 radical (unpaired) electrons. The van der Waals surface area contributed by atoms with Crippen LogP contribution in [0, 0.1) is 27.3 Å². The van der Waals surface area contributed by atoms with Crippen molar-refractivity contribution in [3.05, 3.63) is 148 Å². The molecule has 2 aromatic carbocycles. The molecule has 8 atom stereocenters. The number of aromatic amines is 2. The number of esters is 1. The van der Waals surface area contributed by atoms with Gasteiger partial charge in [-0.2, -0.15) is 0 Å². The van der Waals surface area contributed by atoms with Crippen molar-refractivity contribution >= 4 is 19.7 Å². The third-order valence-corrected chi connectivity index (χ3v) is 12.3. The minimum atomic E-state index is -4.70. The van der Waals surface area contributed by atoms with E-state index in [9.17, 15) is 33.3 Å². The number of carbonyl (C=O) groups excluding carboxylic acids is 2. The summed E-state index contributed by atoms with van der Waals surface area (Å²) in [5, 5.41) is 3.03. The summed E-state index contributed by atoms with van der Waals surface area (Å²) in [6.07, 6.45) is -5.64. The Kier molecular flexibility index (Phi) is 15.8. The Bertz CT molecular complexity index is 2560. The molecule has 2 saturated heterocycles. The second-order valence-electron chi connectivity index (χ2n) is 15.4. The van der Waals surface area contributed by atoms with Crippen LogP contribution in [0.4, 0.5) is 0 Å². The van der Waals surface area contributed by atoms with Crippen molar-refractivity contribution < 1.29 is 46.7 Å². The van der Waals surface area contributed by atoms with Gasteiger partial charge in [0.25, 0.3) is 11.1 Å². The molecule has 2 aliphatic rings. The fourth-order valence-electron chi connectivity index (χ4n) is 7.38. The maximum atomic E-state index is 14.5. The van der Waals surface area contributed by atoms with E-state index in [1.807, 2.05) is 62.4 Å². The molecule has 8 unspecified atom stereocenters. The van der Waals surface area contributed by atoms with Gasteiger partial charge in [0.2, 0.25) is 12.5 Å². The van der Waals surface area contributed by atoms with Crippen LogP contribution in [-0.4, -0.2) is 88.4 Å². The van der Waals surface area contributed by atoms with Gasteiger partial charge in [0.05, 0.1) is 25.2 Å². The van der Waals surface area contributed by atoms with E-state index in [1.54, 1.807) is 6.92 Å². The third-order valence-electron chi connectivity index (χ3n) is 10.8. The minimum absolute atomic E-state index is 0.125. The molecule has 4 heterocycles. The van der Waals surface area contributed by atoms with Crippen LogP contribution in [0.25, 0.3) is 4.85 Å². The van der Waals surface area contributed by atoms with Crippen LogP contribution in [0.2, 0.25) is 0 Å². The van der Waals surface area contributed by atoms with E-state index in [-0.39, 0.29) is 44.4 Å². The van der Waals surface area contributed by atoms with Gasteiger partial charge in [-0.3, -0.25) is 51.9 Å². The number of benzene rings is 2. The van der Waals surface area contributed by atoms with E-state index in [1.165, 1.54) is 26.4 Å². The first-order chi connectivity index (χ1) is 30.6. The SMILES string of the molecule is [C-]#[N+]CCOP(=O)(OCC1OC(n2cc(C)c(=O)[nH]c2=O)CC1OC(=O)CCC(=O)NC(c1ccc(C)cc1)c1ccc(C)cc1)OC1C(CC)OC(n2ccc(=O)[nH]c2=O)C1OC. The Hall–Kier alpha value is -5.78. The number of nitrogens with zero attached hydrogens (tertiary/aromatic N) is 3. The Morgan fingerprint density at radius 3 is 2.16 bits per heavy atom. The summed E-state index contributed by atoms with van der Waals surface area (Å²) in [4.78, 5) is 84.1. The molecule has 342 valence electrons. The first-order valence-electron chi connectivity index (χ1n) is 20.6. The summed E-state index contributed by atoms with van der Waals surface area (Å²) in [6, 6.07) is 16.1. The van der Waals surface area contributed by atoms with Gasteiger partial charge in [-0.25, -0.2) is 20.7 Å². The highest BCUT2D eigenvalue weighted by Gasteiger charge is 2.51. The zero-order chi connectivity index (χ0) is 46.1. The Balaban J connectivity index is 1.19. The summed E-state index contributed by atoms with van der Waals surface area (Å²) >= 11 is 0. The second-order valence-corrected chi connectivity index (χ2v) is 17.0. The van der Waals surface area contributed by atoms with Crippen molar-refractivity contribution in [3.8, 4) is 0 Å². The van der Waals surface area contributed by atoms with E-state index in [2.05, 4.69) is 20.1 Å². The van der Waals surface area contributed by atoms with E-state index < -0.39 is 97.8 Å². The fraction of sp³-hybridized carbons (Fsp3) is 0.465. The molecule has 20 nitrogen and oxygen atoms in total. The predicted molar refractivity (Wildman–Crippen MR) is 228 cm³/mol. The molecule has 0 aliphatic carbocycles. The van der Waals surface area contributed by atoms with E-state index in [0.717, 1.165) is 37.5 Å². The van der Waals surface area contributed by atoms with Gasteiger partial charge < -0.3 is 29.1 Å². The Morgan fingerprint density at radius 1 is 0.891 bits per heavy atom. The molecule has 1 amide bonds. The van der Waals surface area contributed by atoms with Crippen molar-refractivity contribution in [2.45, 2.75) is 102 Å². The molecule has 4 aromatic rings. The number of methoxy groups -OCH3 is 1. The summed E-state index contributed by atoms with van der Waals surface area (Å²) < 4.78 is 58.0. The zero-order valence-electron chi connectivity index (χ0n) is 35.9. The van der Waals surface area contributed by atoms with E-state index in [0.29, 0.717) is 0 Å². The van der Waals surface area contributed by atoms with E-state index >= 15 is 0 Å². The zero-order valence-corrected chi connectivity index (χ0v) is 36.8. The highest BCUT2D eigenvalue weighted by Crippen LogP contribution is 2.54. The number of phosphoric acid groups is 1. The lowest BCUT2D eigenvalue weighted by molar-refractivity contribution is -0.154. The number of amides is 1. The molecule has 6 rings (SSSR count). The predicted octanol–water partition coefficient (Wildman–Crippen LogP) is 3.67. The summed E-state index contributed by atoms with van der Waals surface area (Å²) in [7, 11) is -3.38. The second kappa shape index (κ2) is 21.3. The van der Waals surface area contributed by atoms with Gasteiger partial charge in [-0.05, 0) is 38.3 Å². The summed E-state index contributed by atoms with van der Waals surface area (Å²) in [5.41, 5.74) is 1.17. The highest BCUT2D eigenvalue weighted by atomic mass is 31.2. The smallest absolute Gasteiger partial charge is 0.459 e. The lowest BCUT2D eigenvalue weighted by Crippen LogP contribution is -2.39. The van der Waals surface area contributed by atoms with Crippen molar-refractivity contribution in [2.24, 2.45) is 0 Å². The van der Waals surface area contributed by atoms with Crippen LogP contribution in [0.15, 0.2) is 86.2 Å². The van der Waals surface area contributed by atoms with Gasteiger partial charge in [0.15, 0.2) is 6.23 Å². The third kappa shape index (κ3) is 11.7. The Labute approximate surface area is 367 Å². The van der Waals surface area contributed by atoms with E-state index in [4.69, 9.17) is 39.1 Å². The lowest BCUT2D eigenvalue weighted by atomic mass is 9.97. The number of aromatic nitrogens is 4. The van der Waals surface area contributed by atoms with Crippen LogP contribution in [0.3, 0.4) is 0 Å². The molecule has 2 aromatic heterocycles. The fourth-order valence-corrected chi connectivity index (χ4v) is 8.76. The molecule has 2 fully saturated rings. The van der Waals surface area contributed by atoms with Crippen molar-refractivity contribution in [1.29, 1.82) is 0 Å². The number of phosphoric ester groups is 1. The molecule has 0 saturated carbocycles. The minimum Gasteiger partial charge on any atom is -0.459 e. The quantitative estimate of drug-likeness (QED) is 0.0527. The number of ether oxygens (including phenoxy) is 4. The number of H-pyrrole nitrogens is 2. The van der Waals surface area contributed by atoms with Crippen LogP contribution >= 0.6 is 7.82 Å². The van der Waals surface area contributed by atoms with Crippen LogP contribution in [-0.2, 0) is 46.7 Å². The molecule has 2 aliphatic heterocycles. The standard InChI is InChI=1S/C43H51N6O14P/c1-7-30-38(39(57-6)41(62-30)48-20-18-34(51)46-42(48)54)63-64(56,58-21-19-44-5)59-24-32-31(22-35(60-32)49-23-27(4)40(53)47-43(49)55)61-36(52)17-16-33(50)45-37(28-12-8-25(2)9-13-28)29-14-10-26(3)11-15-29/h8-15,18,20,23,30-32,35,37-39,41H,7,16-17,19,21-22,24H2,1-4,6H3,(H,45,50)(H,46,51,54)(H,47,53,55). The number of carbonyl (C=O) groups is 2. The van der Waals surface area contributed by atoms with Gasteiger partial charge in [0.1, 0.15) is 37.3 Å². The lowest BCUT2D eigenvalue weighted by Gasteiger charge is -2.28. The molecular weight excluding hydrogens is 855 g/mol. The molecule has 0 bridgehead atoms. The Morgan fingerprint density at radius 2 is 1.55 bits per heavy atom. The van der Waals surface area contributed by atoms with Crippen LogP contribution < -0.4 is 27.8 Å². The monoisotopic (exact) mass is 906 g/mol. The van der Waals surface area contributed by atoms with Gasteiger partial charge in [-0.15, -0.1) is 0 Å². The van der Waals surface area contributed by atoms with Crippen LogP contribution in [0.1, 0.15) is 78.9 Å². The first kappa shape index (κ1) is 47.7. The largest absolute Gasteiger partial charge is 0.475 e. The first-order valence-corrected chi connectivity index (χ1v) is 22.1. The molecule has 64 heavy (non-hydrogen) atoms. The molecule has 0 spiro atoms. The molecule has 21 heteroatoms. The molecular formula is C43H51N6O14P. The van der Waals surface area contributed by atoms with Gasteiger partial charge in [-0.1, -0.05) is 66.6 Å². The van der Waals surface area contributed by atoms with Crippen LogP contribution in [0.5, 0.6) is 0 Å². The summed E-state index contributed by atoms with van der Waals surface area (Å²) in [5.74, 6) is -1.20. The normalized spacial score (nSPS) is 22.8. The maximum Gasteiger partial charge on any atom is 0.475 e. The van der Waals surface area contributed by atoms with Crippen molar-refractivity contribution in [2.75, 3.05) is 26.9 Å². The highest BCUT2D eigenvalue weighted by molar-refractivity contribution is 7.48. The topological polar surface area (TPSA) is 242 Å². The number of aryl methyl sites for hydroxylation is 3. The number of hydrogen-bond acceptors (Lipinski definition) is 14.